The fourth-order valence-electron chi connectivity index (χ4n) is 1.13. The Hall–Kier alpha value is -1.34. The lowest BCUT2D eigenvalue weighted by Gasteiger charge is -2.24. The average molecular weight is 247 g/mol. The smallest absolute Gasteiger partial charge is 0.248 e. The second-order valence-electron chi connectivity index (χ2n) is 3.69. The van der Waals surface area contributed by atoms with Crippen LogP contribution in [-0.2, 0) is 14.3 Å². The number of carbonyl (C=O) groups excluding carboxylic acids is 1. The number of oxime groups is 1. The topological polar surface area (TPSA) is 97.4 Å². The first-order valence-corrected chi connectivity index (χ1v) is 5.31. The summed E-state index contributed by atoms with van der Waals surface area (Å²) < 4.78 is 9.90. The molecule has 0 saturated heterocycles. The Morgan fingerprint density at radius 1 is 1.53 bits per heavy atom. The van der Waals surface area contributed by atoms with Gasteiger partial charge in [0.15, 0.2) is 0 Å². The summed E-state index contributed by atoms with van der Waals surface area (Å²) in [5, 5.41) is 11.3. The fraction of sp³-hybridized carbons (Fsp3) is 0.800. The van der Waals surface area contributed by atoms with E-state index in [1.807, 2.05) is 6.92 Å². The molecule has 0 aromatic rings. The number of nitrogens with zero attached hydrogens (tertiary/aromatic N) is 2. The molecule has 1 atom stereocenters. The normalized spacial score (nSPS) is 13.5. The summed E-state index contributed by atoms with van der Waals surface area (Å²) in [5.74, 6) is -0.0585. The van der Waals surface area contributed by atoms with Crippen LogP contribution in [0.1, 0.15) is 13.3 Å². The van der Waals surface area contributed by atoms with Gasteiger partial charge in [0.05, 0.1) is 13.2 Å². The Balaban J connectivity index is 3.94. The maximum Gasteiger partial charge on any atom is 0.248 e. The number of ether oxygens (including phenoxy) is 2. The van der Waals surface area contributed by atoms with Gasteiger partial charge in [-0.15, -0.1) is 0 Å². The highest BCUT2D eigenvalue weighted by Crippen LogP contribution is 2.01. The maximum atomic E-state index is 11.6. The van der Waals surface area contributed by atoms with Gasteiger partial charge in [0.1, 0.15) is 12.4 Å². The minimum atomic E-state index is -0.153. The van der Waals surface area contributed by atoms with Crippen LogP contribution in [0.25, 0.3) is 0 Å². The molecule has 0 aliphatic carbocycles. The van der Waals surface area contributed by atoms with E-state index in [1.54, 1.807) is 14.2 Å². The molecule has 100 valence electrons. The molecular formula is C10H21N3O4. The van der Waals surface area contributed by atoms with Crippen LogP contribution in [0.2, 0.25) is 0 Å². The van der Waals surface area contributed by atoms with Crippen molar-refractivity contribution in [3.8, 4) is 0 Å². The minimum Gasteiger partial charge on any atom is -0.409 e. The number of hydrogen-bond donors (Lipinski definition) is 2. The summed E-state index contributed by atoms with van der Waals surface area (Å²) in [7, 11) is 3.22. The zero-order chi connectivity index (χ0) is 13.3. The highest BCUT2D eigenvalue weighted by atomic mass is 16.5. The molecule has 0 bridgehead atoms. The molecule has 0 radical (unpaired) electrons. The Morgan fingerprint density at radius 2 is 2.18 bits per heavy atom. The van der Waals surface area contributed by atoms with Gasteiger partial charge in [-0.25, -0.2) is 0 Å². The van der Waals surface area contributed by atoms with Crippen molar-refractivity contribution in [3.05, 3.63) is 0 Å². The molecule has 1 amide bonds. The monoisotopic (exact) mass is 247 g/mol. The quantitative estimate of drug-likeness (QED) is 0.200. The van der Waals surface area contributed by atoms with Crippen molar-refractivity contribution in [2.75, 3.05) is 34.0 Å². The molecule has 0 saturated carbocycles. The predicted molar refractivity (Wildman–Crippen MR) is 63.0 cm³/mol. The third kappa shape index (κ3) is 6.75. The molecule has 3 N–H and O–H groups in total. The number of amides is 1. The average Bonchev–Trinajstić information content (AvgIpc) is 2.33. The van der Waals surface area contributed by atoms with Crippen LogP contribution in [-0.4, -0.2) is 61.9 Å². The first-order valence-electron chi connectivity index (χ1n) is 5.31. The number of rotatable bonds is 8. The molecule has 0 fully saturated rings. The molecule has 7 nitrogen and oxygen atoms in total. The van der Waals surface area contributed by atoms with Crippen LogP contribution >= 0.6 is 0 Å². The molecule has 0 heterocycles. The van der Waals surface area contributed by atoms with Gasteiger partial charge in [-0.3, -0.25) is 4.79 Å². The van der Waals surface area contributed by atoms with E-state index >= 15 is 0 Å². The Morgan fingerprint density at radius 3 is 2.71 bits per heavy atom. The van der Waals surface area contributed by atoms with Crippen molar-refractivity contribution < 1.29 is 19.5 Å². The van der Waals surface area contributed by atoms with Crippen LogP contribution in [0.15, 0.2) is 5.16 Å². The lowest BCUT2D eigenvalue weighted by atomic mass is 10.2. The Bertz CT molecular complexity index is 258. The SMILES string of the molecule is COCCOCC(=O)N(C)C(C)CC(N)=NO. The van der Waals surface area contributed by atoms with Crippen LogP contribution < -0.4 is 5.73 Å². The molecule has 1 unspecified atom stereocenters. The molecule has 0 aliphatic heterocycles. The van der Waals surface area contributed by atoms with Gasteiger partial charge in [0.25, 0.3) is 0 Å². The van der Waals surface area contributed by atoms with Crippen LogP contribution in [0, 0.1) is 0 Å². The Kier molecular flexibility index (Phi) is 8.08. The van der Waals surface area contributed by atoms with Gasteiger partial charge >= 0.3 is 0 Å². The maximum absolute atomic E-state index is 11.6. The lowest BCUT2D eigenvalue weighted by Crippen LogP contribution is -2.39. The van der Waals surface area contributed by atoms with Crippen molar-refractivity contribution in [1.29, 1.82) is 0 Å². The summed E-state index contributed by atoms with van der Waals surface area (Å²) in [4.78, 5) is 13.1. The molecule has 0 aromatic carbocycles. The van der Waals surface area contributed by atoms with Crippen LogP contribution in [0.4, 0.5) is 0 Å². The molecule has 0 rings (SSSR count). The van der Waals surface area contributed by atoms with E-state index < -0.39 is 0 Å². The predicted octanol–water partition coefficient (Wildman–Crippen LogP) is -0.367. The molecule has 0 aliphatic rings. The Labute approximate surface area is 101 Å². The summed E-state index contributed by atoms with van der Waals surface area (Å²) in [6.07, 6.45) is 0.316. The summed E-state index contributed by atoms with van der Waals surface area (Å²) in [6.45, 7) is 2.65. The van der Waals surface area contributed by atoms with Gasteiger partial charge in [-0.2, -0.15) is 0 Å². The van der Waals surface area contributed by atoms with Crippen molar-refractivity contribution >= 4 is 11.7 Å². The van der Waals surface area contributed by atoms with Crippen molar-refractivity contribution in [2.45, 2.75) is 19.4 Å². The first-order chi connectivity index (χ1) is 8.02. The molecule has 17 heavy (non-hydrogen) atoms. The van der Waals surface area contributed by atoms with Gasteiger partial charge in [0, 0.05) is 26.6 Å². The molecule has 0 spiro atoms. The summed E-state index contributed by atoms with van der Waals surface area (Å²) >= 11 is 0. The number of carbonyl (C=O) groups is 1. The van der Waals surface area contributed by atoms with E-state index in [2.05, 4.69) is 5.16 Å². The van der Waals surface area contributed by atoms with Gasteiger partial charge in [0.2, 0.25) is 5.91 Å². The lowest BCUT2D eigenvalue weighted by molar-refractivity contribution is -0.136. The van der Waals surface area contributed by atoms with Crippen molar-refractivity contribution in [1.82, 2.24) is 4.90 Å². The largest absolute Gasteiger partial charge is 0.409 e. The van der Waals surface area contributed by atoms with E-state index in [1.165, 1.54) is 4.90 Å². The van der Waals surface area contributed by atoms with E-state index in [9.17, 15) is 4.79 Å². The van der Waals surface area contributed by atoms with Crippen molar-refractivity contribution in [3.63, 3.8) is 0 Å². The molecule has 7 heteroatoms. The summed E-state index contributed by atoms with van der Waals surface area (Å²) in [6, 6.07) is -0.149. The van der Waals surface area contributed by atoms with Gasteiger partial charge in [-0.1, -0.05) is 5.16 Å². The van der Waals surface area contributed by atoms with E-state index in [-0.39, 0.29) is 24.4 Å². The zero-order valence-corrected chi connectivity index (χ0v) is 10.5. The molecule has 0 aromatic heterocycles. The van der Waals surface area contributed by atoms with Crippen molar-refractivity contribution in [2.24, 2.45) is 10.9 Å². The van der Waals surface area contributed by atoms with E-state index in [0.29, 0.717) is 19.6 Å². The number of likely N-dealkylation sites (N-methyl/N-ethyl adjacent to an activating group) is 1. The van der Waals surface area contributed by atoms with E-state index in [0.717, 1.165) is 0 Å². The van der Waals surface area contributed by atoms with Crippen LogP contribution in [0.3, 0.4) is 0 Å². The third-order valence-electron chi connectivity index (χ3n) is 2.34. The fourth-order valence-corrected chi connectivity index (χ4v) is 1.13. The second-order valence-corrected chi connectivity index (χ2v) is 3.69. The second kappa shape index (κ2) is 8.77. The highest BCUT2D eigenvalue weighted by Gasteiger charge is 2.16. The minimum absolute atomic E-state index is 0.000370. The number of nitrogens with two attached hydrogens (primary N) is 1. The number of hydrogen-bond acceptors (Lipinski definition) is 5. The number of methoxy groups -OCH3 is 1. The molecular weight excluding hydrogens is 226 g/mol. The standard InChI is InChI=1S/C10H21N3O4/c1-8(6-9(11)12-15)13(2)10(14)7-17-5-4-16-3/h8,15H,4-7H2,1-3H3,(H2,11,12). The van der Waals surface area contributed by atoms with E-state index in [4.69, 9.17) is 20.4 Å². The van der Waals surface area contributed by atoms with Gasteiger partial charge in [-0.05, 0) is 6.92 Å². The highest BCUT2D eigenvalue weighted by molar-refractivity contribution is 5.82. The first kappa shape index (κ1) is 15.7. The van der Waals surface area contributed by atoms with Gasteiger partial charge < -0.3 is 25.3 Å². The third-order valence-corrected chi connectivity index (χ3v) is 2.34. The zero-order valence-electron chi connectivity index (χ0n) is 10.5. The summed E-state index contributed by atoms with van der Waals surface area (Å²) in [5.41, 5.74) is 5.37. The number of amidine groups is 1. The van der Waals surface area contributed by atoms with Crippen LogP contribution in [0.5, 0.6) is 0 Å².